The van der Waals surface area contributed by atoms with E-state index in [2.05, 4.69) is 5.32 Å². The van der Waals surface area contributed by atoms with Crippen LogP contribution in [0, 0.1) is 5.82 Å². The van der Waals surface area contributed by atoms with Crippen molar-refractivity contribution in [2.24, 2.45) is 5.73 Å². The number of carbonyl (C=O) groups is 2. The largest absolute Gasteiger partial charge is 0.329 e. The molecular weight excluding hydrogens is 261 g/mol. The van der Waals surface area contributed by atoms with Gasteiger partial charge < -0.3 is 5.73 Å². The molecule has 0 spiro atoms. The van der Waals surface area contributed by atoms with Crippen LogP contribution in [-0.4, -0.2) is 35.8 Å². The Bertz CT molecular complexity index is 521. The minimum Gasteiger partial charge on any atom is -0.329 e. The molecule has 1 aromatic rings. The van der Waals surface area contributed by atoms with E-state index in [0.717, 1.165) is 0 Å². The normalized spacial score (nSPS) is 21.6. The summed E-state index contributed by atoms with van der Waals surface area (Å²) >= 11 is 0. The molecule has 2 amide bonds. The van der Waals surface area contributed by atoms with Gasteiger partial charge in [-0.05, 0) is 24.1 Å². The lowest BCUT2D eigenvalue weighted by atomic mass is 10.00. The lowest BCUT2D eigenvalue weighted by molar-refractivity contribution is -0.141. The summed E-state index contributed by atoms with van der Waals surface area (Å²) in [5, 5.41) is 2.32. The van der Waals surface area contributed by atoms with E-state index in [-0.39, 0.29) is 36.8 Å². The fourth-order valence-corrected chi connectivity index (χ4v) is 2.61. The number of halogens is 1. The number of amides is 2. The van der Waals surface area contributed by atoms with Gasteiger partial charge in [-0.25, -0.2) is 4.39 Å². The Kier molecular flexibility index (Phi) is 4.46. The zero-order chi connectivity index (χ0) is 14.7. The highest BCUT2D eigenvalue weighted by molar-refractivity contribution is 6.01. The number of piperazine rings is 1. The van der Waals surface area contributed by atoms with E-state index < -0.39 is 6.04 Å². The van der Waals surface area contributed by atoms with Gasteiger partial charge in [-0.15, -0.1) is 0 Å². The van der Waals surface area contributed by atoms with Crippen molar-refractivity contribution in [3.05, 3.63) is 35.6 Å². The van der Waals surface area contributed by atoms with Crippen LogP contribution in [0.25, 0.3) is 0 Å². The van der Waals surface area contributed by atoms with Gasteiger partial charge in [-0.2, -0.15) is 0 Å². The van der Waals surface area contributed by atoms with E-state index in [1.165, 1.54) is 12.1 Å². The summed E-state index contributed by atoms with van der Waals surface area (Å²) in [6, 6.07) is 5.31. The Balaban J connectivity index is 2.33. The van der Waals surface area contributed by atoms with Crippen LogP contribution in [-0.2, 0) is 9.59 Å². The first-order valence-electron chi connectivity index (χ1n) is 6.61. The maximum Gasteiger partial charge on any atom is 0.243 e. The minimum atomic E-state index is -0.426. The first-order chi connectivity index (χ1) is 9.56. The zero-order valence-electron chi connectivity index (χ0n) is 11.3. The lowest BCUT2D eigenvalue weighted by Crippen LogP contribution is -2.59. The molecule has 0 radical (unpaired) electrons. The van der Waals surface area contributed by atoms with Crippen molar-refractivity contribution >= 4 is 11.8 Å². The van der Waals surface area contributed by atoms with Crippen molar-refractivity contribution in [2.45, 2.75) is 25.4 Å². The van der Waals surface area contributed by atoms with Crippen molar-refractivity contribution < 1.29 is 14.0 Å². The molecule has 2 atom stereocenters. The molecule has 0 aromatic heterocycles. The number of benzene rings is 1. The third-order valence-electron chi connectivity index (χ3n) is 3.54. The summed E-state index contributed by atoms with van der Waals surface area (Å²) < 4.78 is 13.4. The first kappa shape index (κ1) is 14.6. The second-order valence-corrected chi connectivity index (χ2v) is 4.82. The van der Waals surface area contributed by atoms with Gasteiger partial charge in [0.25, 0.3) is 0 Å². The number of carbonyl (C=O) groups excluding carboxylic acids is 2. The molecule has 2 rings (SSSR count). The van der Waals surface area contributed by atoms with Crippen LogP contribution in [0.2, 0.25) is 0 Å². The molecule has 0 bridgehead atoms. The highest BCUT2D eigenvalue weighted by atomic mass is 19.1. The molecule has 3 N–H and O–H groups in total. The summed E-state index contributed by atoms with van der Waals surface area (Å²) in [4.78, 5) is 25.2. The predicted molar refractivity (Wildman–Crippen MR) is 72.1 cm³/mol. The molecule has 0 saturated carbocycles. The van der Waals surface area contributed by atoms with Crippen LogP contribution < -0.4 is 11.1 Å². The number of nitrogens with zero attached hydrogens (tertiary/aromatic N) is 1. The van der Waals surface area contributed by atoms with Gasteiger partial charge in [0.2, 0.25) is 11.8 Å². The van der Waals surface area contributed by atoms with Crippen LogP contribution in [0.3, 0.4) is 0 Å². The molecule has 0 aliphatic carbocycles. The van der Waals surface area contributed by atoms with E-state index in [9.17, 15) is 14.0 Å². The summed E-state index contributed by atoms with van der Waals surface area (Å²) in [5.74, 6) is -1.03. The molecule has 1 aromatic carbocycles. The monoisotopic (exact) mass is 279 g/mol. The van der Waals surface area contributed by atoms with Gasteiger partial charge in [0.15, 0.2) is 0 Å². The molecular formula is C14H18FN3O2. The number of hydrogen-bond acceptors (Lipinski definition) is 4. The smallest absolute Gasteiger partial charge is 0.243 e. The number of nitrogens with two attached hydrogens (primary N) is 1. The van der Waals surface area contributed by atoms with E-state index in [4.69, 9.17) is 5.73 Å². The second kappa shape index (κ2) is 6.11. The maximum absolute atomic E-state index is 13.4. The first-order valence-corrected chi connectivity index (χ1v) is 6.61. The quantitative estimate of drug-likeness (QED) is 0.790. The molecule has 1 fully saturated rings. The van der Waals surface area contributed by atoms with Crippen LogP contribution in [0.4, 0.5) is 4.39 Å². The topological polar surface area (TPSA) is 75.4 Å². The molecule has 20 heavy (non-hydrogen) atoms. The Hall–Kier alpha value is -1.79. The van der Waals surface area contributed by atoms with Gasteiger partial charge >= 0.3 is 0 Å². The fraction of sp³-hybridized carbons (Fsp3) is 0.429. The SMILES string of the molecule is CCC1C(=O)NC(=O)CN1C(CN)c1cccc(F)c1. The Labute approximate surface area is 116 Å². The lowest BCUT2D eigenvalue weighted by Gasteiger charge is -2.39. The summed E-state index contributed by atoms with van der Waals surface area (Å²) in [6.07, 6.45) is 0.560. The van der Waals surface area contributed by atoms with E-state index in [1.807, 2.05) is 6.92 Å². The standard InChI is InChI=1S/C14H18FN3O2/c1-2-11-14(20)17-13(19)8-18(11)12(7-16)9-4-3-5-10(15)6-9/h3-6,11-12H,2,7-8,16H2,1H3,(H,17,19,20). The van der Waals surface area contributed by atoms with Crippen molar-refractivity contribution in [2.75, 3.05) is 13.1 Å². The summed E-state index contributed by atoms with van der Waals surface area (Å²) in [5.41, 5.74) is 6.46. The van der Waals surface area contributed by atoms with E-state index >= 15 is 0 Å². The van der Waals surface area contributed by atoms with Gasteiger partial charge in [0.1, 0.15) is 5.82 Å². The van der Waals surface area contributed by atoms with Gasteiger partial charge in [0, 0.05) is 12.6 Å². The maximum atomic E-state index is 13.4. The van der Waals surface area contributed by atoms with Gasteiger partial charge in [-0.1, -0.05) is 19.1 Å². The molecule has 1 aliphatic rings. The average Bonchev–Trinajstić information content (AvgIpc) is 2.39. The molecule has 1 heterocycles. The Morgan fingerprint density at radius 3 is 2.85 bits per heavy atom. The van der Waals surface area contributed by atoms with Gasteiger partial charge in [0.05, 0.1) is 12.6 Å². The molecule has 6 heteroatoms. The number of hydrogen-bond donors (Lipinski definition) is 2. The minimum absolute atomic E-state index is 0.0859. The van der Waals surface area contributed by atoms with E-state index in [0.29, 0.717) is 12.0 Å². The molecule has 108 valence electrons. The van der Waals surface area contributed by atoms with Gasteiger partial charge in [-0.3, -0.25) is 19.8 Å². The molecule has 2 unspecified atom stereocenters. The number of rotatable bonds is 4. The van der Waals surface area contributed by atoms with E-state index in [1.54, 1.807) is 17.0 Å². The number of imide groups is 1. The average molecular weight is 279 g/mol. The predicted octanol–water partition coefficient (Wildman–Crippen LogP) is 0.563. The zero-order valence-corrected chi connectivity index (χ0v) is 11.3. The third-order valence-corrected chi connectivity index (χ3v) is 3.54. The molecule has 1 aliphatic heterocycles. The van der Waals surface area contributed by atoms with Crippen molar-refractivity contribution in [3.8, 4) is 0 Å². The molecule has 1 saturated heterocycles. The summed E-state index contributed by atoms with van der Waals surface area (Å²) in [6.45, 7) is 2.16. The highest BCUT2D eigenvalue weighted by Crippen LogP contribution is 2.25. The van der Waals surface area contributed by atoms with Crippen LogP contribution in [0.1, 0.15) is 24.9 Å². The number of nitrogens with one attached hydrogen (secondary N) is 1. The van der Waals surface area contributed by atoms with Crippen molar-refractivity contribution in [1.29, 1.82) is 0 Å². The van der Waals surface area contributed by atoms with Crippen LogP contribution in [0.5, 0.6) is 0 Å². The van der Waals surface area contributed by atoms with Crippen molar-refractivity contribution in [1.82, 2.24) is 10.2 Å². The van der Waals surface area contributed by atoms with Crippen molar-refractivity contribution in [3.63, 3.8) is 0 Å². The highest BCUT2D eigenvalue weighted by Gasteiger charge is 2.36. The Morgan fingerprint density at radius 2 is 2.25 bits per heavy atom. The Morgan fingerprint density at radius 1 is 1.50 bits per heavy atom. The second-order valence-electron chi connectivity index (χ2n) is 4.82. The van der Waals surface area contributed by atoms with Crippen LogP contribution in [0.15, 0.2) is 24.3 Å². The third kappa shape index (κ3) is 2.86. The summed E-state index contributed by atoms with van der Waals surface area (Å²) in [7, 11) is 0. The van der Waals surface area contributed by atoms with Crippen LogP contribution >= 0.6 is 0 Å². The fourth-order valence-electron chi connectivity index (χ4n) is 2.61. The molecule has 5 nitrogen and oxygen atoms in total.